The monoisotopic (exact) mass is 353 g/mol. The molecule has 3 rings (SSSR count). The number of hydrogen-bond acceptors (Lipinski definition) is 3. The molecule has 2 aromatic rings. The fourth-order valence-electron chi connectivity index (χ4n) is 3.53. The third-order valence-electron chi connectivity index (χ3n) is 5.18. The molecule has 1 fully saturated rings. The third-order valence-corrected chi connectivity index (χ3v) is 5.18. The molecule has 2 N–H and O–H groups in total. The second kappa shape index (κ2) is 10.3. The smallest absolute Gasteiger partial charge is 0.0469 e. The van der Waals surface area contributed by atoms with Crippen molar-refractivity contribution in [3.8, 4) is 0 Å². The van der Waals surface area contributed by atoms with Crippen LogP contribution in [0.1, 0.15) is 37.4 Å². The summed E-state index contributed by atoms with van der Waals surface area (Å²) >= 11 is 0. The van der Waals surface area contributed by atoms with Gasteiger partial charge in [-0.1, -0.05) is 62.4 Å². The lowest BCUT2D eigenvalue weighted by Crippen LogP contribution is -2.33. The van der Waals surface area contributed by atoms with Crippen LogP contribution >= 0.6 is 0 Å². The van der Waals surface area contributed by atoms with Crippen molar-refractivity contribution in [3.05, 3.63) is 65.7 Å². The van der Waals surface area contributed by atoms with Gasteiger partial charge >= 0.3 is 0 Å². The van der Waals surface area contributed by atoms with Crippen LogP contribution < -0.4 is 5.73 Å². The lowest BCUT2D eigenvalue weighted by Gasteiger charge is -2.29. The maximum absolute atomic E-state index is 5.63. The molecule has 3 nitrogen and oxygen atoms in total. The predicted octanol–water partition coefficient (Wildman–Crippen LogP) is 4.46. The fraction of sp³-hybridized carbons (Fsp3) is 0.478. The summed E-state index contributed by atoms with van der Waals surface area (Å²) in [5, 5.41) is 0. The molecule has 1 unspecified atom stereocenters. The van der Waals surface area contributed by atoms with E-state index in [4.69, 9.17) is 5.73 Å². The summed E-state index contributed by atoms with van der Waals surface area (Å²) in [6.07, 6.45) is 2.38. The minimum Gasteiger partial charge on any atom is -0.399 e. The summed E-state index contributed by atoms with van der Waals surface area (Å²) < 4.78 is 0. The highest BCUT2D eigenvalue weighted by atomic mass is 15.2. The second-order valence-electron chi connectivity index (χ2n) is 7.60. The molecule has 0 bridgehead atoms. The number of benzene rings is 2. The first-order valence-electron chi connectivity index (χ1n) is 9.78. The Labute approximate surface area is 159 Å². The van der Waals surface area contributed by atoms with Crippen LogP contribution in [0, 0.1) is 5.92 Å². The largest absolute Gasteiger partial charge is 0.399 e. The van der Waals surface area contributed by atoms with Crippen LogP contribution in [0.3, 0.4) is 0 Å². The van der Waals surface area contributed by atoms with Crippen molar-refractivity contribution in [1.82, 2.24) is 9.80 Å². The molecule has 1 heterocycles. The Morgan fingerprint density at radius 1 is 1.08 bits per heavy atom. The van der Waals surface area contributed by atoms with E-state index in [0.717, 1.165) is 24.6 Å². The number of likely N-dealkylation sites (tertiary alicyclic amines) is 1. The Bertz CT molecular complexity index is 639. The van der Waals surface area contributed by atoms with Gasteiger partial charge in [0.05, 0.1) is 0 Å². The number of anilines is 1. The molecule has 0 aromatic heterocycles. The van der Waals surface area contributed by atoms with Gasteiger partial charge in [0.2, 0.25) is 0 Å². The summed E-state index contributed by atoms with van der Waals surface area (Å²) in [6.45, 7) is 8.13. The van der Waals surface area contributed by atoms with Crippen LogP contribution in [0.2, 0.25) is 0 Å². The van der Waals surface area contributed by atoms with E-state index in [-0.39, 0.29) is 0 Å². The van der Waals surface area contributed by atoms with E-state index in [2.05, 4.69) is 74.1 Å². The number of hydrogen-bond donors (Lipinski definition) is 1. The van der Waals surface area contributed by atoms with Crippen molar-refractivity contribution in [3.63, 3.8) is 0 Å². The van der Waals surface area contributed by atoms with Crippen LogP contribution in [-0.4, -0.2) is 43.5 Å². The first kappa shape index (κ1) is 20.5. The van der Waals surface area contributed by atoms with Gasteiger partial charge in [-0.2, -0.15) is 0 Å². The highest BCUT2D eigenvalue weighted by Gasteiger charge is 2.23. The van der Waals surface area contributed by atoms with E-state index in [1.165, 1.54) is 30.6 Å². The number of rotatable bonds is 5. The number of nitrogens with two attached hydrogens (primary N) is 1. The number of likely N-dealkylation sites (N-methyl/N-ethyl adjacent to an activating group) is 1. The second-order valence-corrected chi connectivity index (χ2v) is 7.60. The molecule has 1 aliphatic rings. The highest BCUT2D eigenvalue weighted by Crippen LogP contribution is 2.23. The van der Waals surface area contributed by atoms with Crippen molar-refractivity contribution in [2.75, 3.05) is 39.5 Å². The van der Waals surface area contributed by atoms with Gasteiger partial charge < -0.3 is 15.5 Å². The maximum Gasteiger partial charge on any atom is 0.0469 e. The van der Waals surface area contributed by atoms with E-state index in [0.29, 0.717) is 6.04 Å². The average Bonchev–Trinajstić information content (AvgIpc) is 3.06. The van der Waals surface area contributed by atoms with Crippen molar-refractivity contribution >= 4 is 5.69 Å². The molecule has 3 heteroatoms. The minimum atomic E-state index is 0.515. The molecule has 1 aliphatic heterocycles. The summed E-state index contributed by atoms with van der Waals surface area (Å²) in [6, 6.07) is 19.3. The molecule has 0 aliphatic carbocycles. The molecule has 1 saturated heterocycles. The van der Waals surface area contributed by atoms with Crippen LogP contribution in [-0.2, 0) is 6.42 Å². The van der Waals surface area contributed by atoms with Crippen molar-refractivity contribution in [2.45, 2.75) is 32.7 Å². The van der Waals surface area contributed by atoms with Crippen molar-refractivity contribution < 1.29 is 0 Å². The number of nitrogen functional groups attached to an aromatic ring is 1. The molecule has 0 amide bonds. The number of aryl methyl sites for hydroxylation is 1. The molecule has 0 spiro atoms. The Morgan fingerprint density at radius 3 is 2.23 bits per heavy atom. The van der Waals surface area contributed by atoms with E-state index >= 15 is 0 Å². The minimum absolute atomic E-state index is 0.515. The summed E-state index contributed by atoms with van der Waals surface area (Å²) in [5.74, 6) is 0.869. The number of para-hydroxylation sites is 1. The quantitative estimate of drug-likeness (QED) is 0.805. The van der Waals surface area contributed by atoms with Crippen LogP contribution in [0.25, 0.3) is 0 Å². The molecular formula is C23H35N3. The molecule has 142 valence electrons. The first-order chi connectivity index (χ1) is 12.5. The van der Waals surface area contributed by atoms with Gasteiger partial charge in [-0.15, -0.1) is 0 Å². The fourth-order valence-corrected chi connectivity index (χ4v) is 3.53. The van der Waals surface area contributed by atoms with Gasteiger partial charge in [0.15, 0.2) is 0 Å². The highest BCUT2D eigenvalue weighted by molar-refractivity contribution is 5.46. The van der Waals surface area contributed by atoms with Crippen LogP contribution in [0.4, 0.5) is 5.69 Å². The molecule has 2 atom stereocenters. The van der Waals surface area contributed by atoms with Crippen LogP contribution in [0.15, 0.2) is 54.6 Å². The average molecular weight is 354 g/mol. The predicted molar refractivity (Wildman–Crippen MR) is 113 cm³/mol. The SMILES string of the molecule is CC1CCN(C[C@H](c2ccccc2)N(C)C)C1.CCc1ccccc1N. The molecule has 26 heavy (non-hydrogen) atoms. The van der Waals surface area contributed by atoms with Crippen molar-refractivity contribution in [2.24, 2.45) is 5.92 Å². The summed E-state index contributed by atoms with van der Waals surface area (Å²) in [5.41, 5.74) is 9.20. The van der Waals surface area contributed by atoms with Gasteiger partial charge in [0.25, 0.3) is 0 Å². The molecule has 2 aromatic carbocycles. The molecule has 0 radical (unpaired) electrons. The zero-order valence-corrected chi connectivity index (χ0v) is 16.9. The summed E-state index contributed by atoms with van der Waals surface area (Å²) in [4.78, 5) is 4.93. The number of nitrogens with zero attached hydrogens (tertiary/aromatic N) is 2. The van der Waals surface area contributed by atoms with E-state index in [1.54, 1.807) is 0 Å². The van der Waals surface area contributed by atoms with Gasteiger partial charge in [-0.3, -0.25) is 0 Å². The Hall–Kier alpha value is -1.84. The Balaban J connectivity index is 0.000000228. The van der Waals surface area contributed by atoms with Crippen molar-refractivity contribution in [1.29, 1.82) is 0 Å². The van der Waals surface area contributed by atoms with E-state index in [9.17, 15) is 0 Å². The lowest BCUT2D eigenvalue weighted by molar-refractivity contribution is 0.206. The van der Waals surface area contributed by atoms with Gasteiger partial charge in [0.1, 0.15) is 0 Å². The van der Waals surface area contributed by atoms with Crippen LogP contribution in [0.5, 0.6) is 0 Å². The van der Waals surface area contributed by atoms with E-state index in [1.807, 2.05) is 18.2 Å². The Kier molecular flexibility index (Phi) is 8.14. The van der Waals surface area contributed by atoms with Gasteiger partial charge in [-0.25, -0.2) is 0 Å². The lowest BCUT2D eigenvalue weighted by atomic mass is 10.1. The standard InChI is InChI=1S/C15H24N2.C8H11N/c1-13-9-10-17(11-13)12-15(16(2)3)14-7-5-4-6-8-14;1-2-7-5-3-4-6-8(7)9/h4-8,13,15H,9-12H2,1-3H3;3-6H,2,9H2,1H3/t13?,15-;/m1./s1. The molecular weight excluding hydrogens is 318 g/mol. The normalized spacial score (nSPS) is 18.4. The van der Waals surface area contributed by atoms with Gasteiger partial charge in [0, 0.05) is 24.8 Å². The topological polar surface area (TPSA) is 32.5 Å². The molecule has 0 saturated carbocycles. The zero-order valence-electron chi connectivity index (χ0n) is 16.9. The van der Waals surface area contributed by atoms with E-state index < -0.39 is 0 Å². The van der Waals surface area contributed by atoms with Gasteiger partial charge in [-0.05, 0) is 56.6 Å². The zero-order chi connectivity index (χ0) is 18.9. The maximum atomic E-state index is 5.63. The first-order valence-corrected chi connectivity index (χ1v) is 9.78. The summed E-state index contributed by atoms with van der Waals surface area (Å²) in [7, 11) is 4.36. The Morgan fingerprint density at radius 2 is 1.73 bits per heavy atom. The third kappa shape index (κ3) is 6.15.